The zero-order valence-corrected chi connectivity index (χ0v) is 13.8. The predicted octanol–water partition coefficient (Wildman–Crippen LogP) is 3.03. The Hall–Kier alpha value is -1.79. The van der Waals surface area contributed by atoms with Gasteiger partial charge in [0.15, 0.2) is 0 Å². The fraction of sp³-hybridized carbons (Fsp3) is 0.353. The van der Waals surface area contributed by atoms with E-state index < -0.39 is 10.0 Å². The monoisotopic (exact) mass is 334 g/mol. The molecule has 6 heteroatoms. The van der Waals surface area contributed by atoms with Gasteiger partial charge in [0, 0.05) is 30.3 Å². The van der Waals surface area contributed by atoms with Gasteiger partial charge in [0.2, 0.25) is 10.0 Å². The van der Waals surface area contributed by atoms with E-state index in [-0.39, 0.29) is 11.7 Å². The number of pyridine rings is 1. The zero-order valence-electron chi connectivity index (χ0n) is 12.9. The van der Waals surface area contributed by atoms with Gasteiger partial charge in [-0.3, -0.25) is 4.98 Å². The van der Waals surface area contributed by atoms with Gasteiger partial charge in [-0.15, -0.1) is 0 Å². The normalized spacial score (nSPS) is 19.7. The number of halogens is 1. The van der Waals surface area contributed by atoms with E-state index in [1.165, 1.54) is 22.7 Å². The van der Waals surface area contributed by atoms with Crippen LogP contribution in [-0.4, -0.2) is 37.1 Å². The van der Waals surface area contributed by atoms with Crippen molar-refractivity contribution >= 4 is 10.0 Å². The number of benzene rings is 1. The van der Waals surface area contributed by atoms with Gasteiger partial charge in [-0.2, -0.15) is 0 Å². The molecule has 1 aliphatic rings. The van der Waals surface area contributed by atoms with Crippen molar-refractivity contribution in [1.82, 2.24) is 9.29 Å². The molecule has 0 unspecified atom stereocenters. The van der Waals surface area contributed by atoms with Crippen LogP contribution in [0.4, 0.5) is 4.39 Å². The number of rotatable bonds is 3. The summed E-state index contributed by atoms with van der Waals surface area (Å²) in [5.74, 6) is -0.181. The molecule has 0 radical (unpaired) electrons. The molecule has 1 saturated heterocycles. The van der Waals surface area contributed by atoms with E-state index in [1.807, 2.05) is 18.2 Å². The lowest BCUT2D eigenvalue weighted by atomic mass is 9.95. The number of hydrogen-bond donors (Lipinski definition) is 0. The summed E-state index contributed by atoms with van der Waals surface area (Å²) in [6.45, 7) is 1.05. The van der Waals surface area contributed by atoms with Crippen LogP contribution in [0.25, 0.3) is 11.3 Å². The van der Waals surface area contributed by atoms with Gasteiger partial charge in [0.25, 0.3) is 0 Å². The van der Waals surface area contributed by atoms with Crippen molar-refractivity contribution in [2.45, 2.75) is 18.8 Å². The second-order valence-corrected chi connectivity index (χ2v) is 7.90. The van der Waals surface area contributed by atoms with E-state index in [2.05, 4.69) is 4.98 Å². The highest BCUT2D eigenvalue weighted by molar-refractivity contribution is 7.88. The van der Waals surface area contributed by atoms with Crippen LogP contribution in [0.1, 0.15) is 24.5 Å². The highest BCUT2D eigenvalue weighted by Gasteiger charge is 2.27. The third kappa shape index (κ3) is 3.76. The lowest BCUT2D eigenvalue weighted by molar-refractivity contribution is 0.314. The summed E-state index contributed by atoms with van der Waals surface area (Å²) in [6, 6.07) is 12.0. The molecular formula is C17H19FN2O2S. The van der Waals surface area contributed by atoms with Gasteiger partial charge >= 0.3 is 0 Å². The standard InChI is InChI=1S/C17H19FN2O2S/c1-23(21,22)20-11-3-4-14(12-20)17-6-2-5-16(19-17)13-7-9-15(18)10-8-13/h2,5-10,14H,3-4,11-12H2,1H3/t14-/m1/s1. The molecule has 2 aromatic rings. The number of aromatic nitrogens is 1. The van der Waals surface area contributed by atoms with Gasteiger partial charge in [0.05, 0.1) is 11.9 Å². The molecule has 1 atom stereocenters. The van der Waals surface area contributed by atoms with E-state index in [9.17, 15) is 12.8 Å². The first-order valence-corrected chi connectivity index (χ1v) is 9.46. The summed E-state index contributed by atoms with van der Waals surface area (Å²) in [7, 11) is -3.17. The maximum absolute atomic E-state index is 13.0. The first-order valence-electron chi connectivity index (χ1n) is 7.61. The van der Waals surface area contributed by atoms with Gasteiger partial charge in [-0.25, -0.2) is 17.1 Å². The Bertz CT molecular complexity index is 790. The Balaban J connectivity index is 1.86. The first kappa shape index (κ1) is 16.1. The molecule has 1 aliphatic heterocycles. The van der Waals surface area contributed by atoms with Crippen LogP contribution in [0, 0.1) is 5.82 Å². The predicted molar refractivity (Wildman–Crippen MR) is 88.0 cm³/mol. The van der Waals surface area contributed by atoms with Crippen molar-refractivity contribution in [3.8, 4) is 11.3 Å². The second-order valence-electron chi connectivity index (χ2n) is 5.91. The fourth-order valence-electron chi connectivity index (χ4n) is 2.95. The average molecular weight is 334 g/mol. The minimum absolute atomic E-state index is 0.0962. The largest absolute Gasteiger partial charge is 0.252 e. The molecule has 0 bridgehead atoms. The van der Waals surface area contributed by atoms with Crippen molar-refractivity contribution in [2.24, 2.45) is 0 Å². The molecule has 122 valence electrons. The molecule has 0 N–H and O–H groups in total. The van der Waals surface area contributed by atoms with Crippen LogP contribution in [0.5, 0.6) is 0 Å². The molecule has 0 amide bonds. The average Bonchev–Trinajstić information content (AvgIpc) is 2.55. The molecule has 2 heterocycles. The summed E-state index contributed by atoms with van der Waals surface area (Å²) in [4.78, 5) is 4.67. The Morgan fingerprint density at radius 1 is 1.17 bits per heavy atom. The summed E-state index contributed by atoms with van der Waals surface area (Å²) in [5, 5.41) is 0. The van der Waals surface area contributed by atoms with E-state index in [0.717, 1.165) is 29.8 Å². The van der Waals surface area contributed by atoms with Gasteiger partial charge in [-0.05, 0) is 49.2 Å². The van der Waals surface area contributed by atoms with E-state index >= 15 is 0 Å². The molecule has 0 spiro atoms. The Morgan fingerprint density at radius 3 is 2.61 bits per heavy atom. The number of sulfonamides is 1. The van der Waals surface area contributed by atoms with Crippen LogP contribution in [0.15, 0.2) is 42.5 Å². The highest BCUT2D eigenvalue weighted by atomic mass is 32.2. The number of piperidine rings is 1. The summed E-state index contributed by atoms with van der Waals surface area (Å²) in [6.07, 6.45) is 3.00. The molecule has 0 aliphatic carbocycles. The smallest absolute Gasteiger partial charge is 0.211 e. The Morgan fingerprint density at radius 2 is 1.91 bits per heavy atom. The van der Waals surface area contributed by atoms with Crippen molar-refractivity contribution < 1.29 is 12.8 Å². The number of nitrogens with zero attached hydrogens (tertiary/aromatic N) is 2. The number of hydrogen-bond acceptors (Lipinski definition) is 3. The third-order valence-corrected chi connectivity index (χ3v) is 5.45. The fourth-order valence-corrected chi connectivity index (χ4v) is 3.86. The minimum atomic E-state index is -3.17. The lowest BCUT2D eigenvalue weighted by Gasteiger charge is -2.30. The lowest BCUT2D eigenvalue weighted by Crippen LogP contribution is -2.38. The molecule has 1 aromatic heterocycles. The van der Waals surface area contributed by atoms with E-state index in [4.69, 9.17) is 0 Å². The van der Waals surface area contributed by atoms with Gasteiger partial charge < -0.3 is 0 Å². The van der Waals surface area contributed by atoms with Crippen LogP contribution in [0.3, 0.4) is 0 Å². The van der Waals surface area contributed by atoms with Crippen LogP contribution >= 0.6 is 0 Å². The van der Waals surface area contributed by atoms with E-state index in [0.29, 0.717) is 13.1 Å². The molecule has 3 rings (SSSR count). The zero-order chi connectivity index (χ0) is 16.4. The molecule has 1 aromatic carbocycles. The second kappa shape index (κ2) is 6.37. The quantitative estimate of drug-likeness (QED) is 0.867. The summed E-state index contributed by atoms with van der Waals surface area (Å²) < 4.78 is 38.1. The Kier molecular flexibility index (Phi) is 4.46. The van der Waals surface area contributed by atoms with Crippen LogP contribution in [-0.2, 0) is 10.0 Å². The topological polar surface area (TPSA) is 50.3 Å². The minimum Gasteiger partial charge on any atom is -0.252 e. The molecular weight excluding hydrogens is 315 g/mol. The van der Waals surface area contributed by atoms with Crippen molar-refractivity contribution in [3.05, 3.63) is 54.0 Å². The van der Waals surface area contributed by atoms with Crippen LogP contribution < -0.4 is 0 Å². The third-order valence-electron chi connectivity index (χ3n) is 4.18. The molecule has 1 fully saturated rings. The molecule has 23 heavy (non-hydrogen) atoms. The van der Waals surface area contributed by atoms with Gasteiger partial charge in [0.1, 0.15) is 5.82 Å². The van der Waals surface area contributed by atoms with Crippen LogP contribution in [0.2, 0.25) is 0 Å². The maximum Gasteiger partial charge on any atom is 0.211 e. The maximum atomic E-state index is 13.0. The van der Waals surface area contributed by atoms with E-state index in [1.54, 1.807) is 12.1 Å². The SMILES string of the molecule is CS(=O)(=O)N1CCC[C@@H](c2cccc(-c3ccc(F)cc3)n2)C1. The summed E-state index contributed by atoms with van der Waals surface area (Å²) in [5.41, 5.74) is 2.52. The van der Waals surface area contributed by atoms with Crippen molar-refractivity contribution in [2.75, 3.05) is 19.3 Å². The molecule has 4 nitrogen and oxygen atoms in total. The Labute approximate surface area is 136 Å². The van der Waals surface area contributed by atoms with Crippen molar-refractivity contribution in [3.63, 3.8) is 0 Å². The summed E-state index contributed by atoms with van der Waals surface area (Å²) >= 11 is 0. The van der Waals surface area contributed by atoms with Gasteiger partial charge in [-0.1, -0.05) is 6.07 Å². The van der Waals surface area contributed by atoms with Crippen molar-refractivity contribution in [1.29, 1.82) is 0 Å². The molecule has 0 saturated carbocycles. The first-order chi connectivity index (χ1) is 10.9. The highest BCUT2D eigenvalue weighted by Crippen LogP contribution is 2.28.